The maximum atomic E-state index is 10.3. The predicted molar refractivity (Wildman–Crippen MR) is 93.3 cm³/mol. The zero-order valence-corrected chi connectivity index (χ0v) is 15.0. The second kappa shape index (κ2) is 18.2. The summed E-state index contributed by atoms with van der Waals surface area (Å²) in [4.78, 5) is 10.3. The van der Waals surface area contributed by atoms with Crippen molar-refractivity contribution in [3.05, 3.63) is 0 Å². The first-order valence-electron chi connectivity index (χ1n) is 8.97. The monoisotopic (exact) mass is 365 g/mol. The molecule has 0 aromatic heterocycles. The lowest BCUT2D eigenvalue weighted by molar-refractivity contribution is -0.107. The Balaban J connectivity index is 4.09. The van der Waals surface area contributed by atoms with E-state index in [1.165, 1.54) is 0 Å². The normalized spacial score (nSPS) is 11.8. The molecule has 150 valence electrons. The standard InChI is InChI=1S/C17H35NO7/c19-6-4-2-1-3-5-18-17(13-24-11-15(7-20)8-21)14-25-12-16(9-22)10-23/h6,15-18,20-23H,1-5,7-14H2. The van der Waals surface area contributed by atoms with Crippen molar-refractivity contribution in [3.8, 4) is 0 Å². The Bertz CT molecular complexity index is 268. The van der Waals surface area contributed by atoms with Gasteiger partial charge in [-0.25, -0.2) is 0 Å². The molecule has 0 amide bonds. The summed E-state index contributed by atoms with van der Waals surface area (Å²) in [7, 11) is 0. The highest BCUT2D eigenvalue weighted by Crippen LogP contribution is 2.01. The molecule has 0 heterocycles. The van der Waals surface area contributed by atoms with E-state index in [1.54, 1.807) is 0 Å². The van der Waals surface area contributed by atoms with Gasteiger partial charge in [0.1, 0.15) is 6.29 Å². The van der Waals surface area contributed by atoms with Crippen molar-refractivity contribution >= 4 is 6.29 Å². The van der Waals surface area contributed by atoms with Gasteiger partial charge < -0.3 is 40.0 Å². The molecule has 0 radical (unpaired) electrons. The number of unbranched alkanes of at least 4 members (excludes halogenated alkanes) is 3. The minimum absolute atomic E-state index is 0.0675. The van der Waals surface area contributed by atoms with Crippen molar-refractivity contribution in [2.75, 3.05) is 59.4 Å². The van der Waals surface area contributed by atoms with E-state index in [-0.39, 0.29) is 57.5 Å². The summed E-state index contributed by atoms with van der Waals surface area (Å²) in [6.45, 7) is 1.52. The summed E-state index contributed by atoms with van der Waals surface area (Å²) in [6.07, 6.45) is 4.30. The second-order valence-electron chi connectivity index (χ2n) is 6.20. The van der Waals surface area contributed by atoms with Gasteiger partial charge in [-0.3, -0.25) is 0 Å². The van der Waals surface area contributed by atoms with Crippen molar-refractivity contribution in [1.82, 2.24) is 5.32 Å². The summed E-state index contributed by atoms with van der Waals surface area (Å²) in [6, 6.07) is -0.0675. The number of carbonyl (C=O) groups is 1. The Kier molecular flexibility index (Phi) is 17.7. The van der Waals surface area contributed by atoms with Crippen LogP contribution in [0, 0.1) is 11.8 Å². The maximum Gasteiger partial charge on any atom is 0.119 e. The maximum absolute atomic E-state index is 10.3. The van der Waals surface area contributed by atoms with Crippen LogP contribution in [0.15, 0.2) is 0 Å². The molecule has 5 N–H and O–H groups in total. The summed E-state index contributed by atoms with van der Waals surface area (Å²) < 4.78 is 11.1. The van der Waals surface area contributed by atoms with E-state index >= 15 is 0 Å². The van der Waals surface area contributed by atoms with Crippen LogP contribution in [0.25, 0.3) is 0 Å². The van der Waals surface area contributed by atoms with Crippen LogP contribution in [-0.2, 0) is 14.3 Å². The van der Waals surface area contributed by atoms with Crippen LogP contribution in [-0.4, -0.2) is 92.2 Å². The number of aldehydes is 1. The van der Waals surface area contributed by atoms with Crippen LogP contribution in [0.3, 0.4) is 0 Å². The van der Waals surface area contributed by atoms with Gasteiger partial charge >= 0.3 is 0 Å². The number of nitrogens with one attached hydrogen (secondary N) is 1. The molecule has 0 rings (SSSR count). The fourth-order valence-electron chi connectivity index (χ4n) is 2.08. The second-order valence-corrected chi connectivity index (χ2v) is 6.20. The van der Waals surface area contributed by atoms with E-state index in [9.17, 15) is 4.79 Å². The van der Waals surface area contributed by atoms with Crippen molar-refractivity contribution in [2.24, 2.45) is 11.8 Å². The molecular weight excluding hydrogens is 330 g/mol. The summed E-state index contributed by atoms with van der Waals surface area (Å²) in [5.41, 5.74) is 0. The number of hydrogen-bond donors (Lipinski definition) is 5. The molecule has 8 heteroatoms. The van der Waals surface area contributed by atoms with Gasteiger partial charge in [0.2, 0.25) is 0 Å². The van der Waals surface area contributed by atoms with Crippen LogP contribution >= 0.6 is 0 Å². The average Bonchev–Trinajstić information content (AvgIpc) is 2.64. The predicted octanol–water partition coefficient (Wildman–Crippen LogP) is -1.06. The number of aliphatic hydroxyl groups excluding tert-OH is 4. The van der Waals surface area contributed by atoms with E-state index in [2.05, 4.69) is 5.32 Å². The third-order valence-corrected chi connectivity index (χ3v) is 3.81. The topological polar surface area (TPSA) is 128 Å². The molecule has 0 bridgehead atoms. The first-order chi connectivity index (χ1) is 12.2. The number of carbonyl (C=O) groups excluding carboxylic acids is 1. The molecule has 0 aromatic rings. The van der Waals surface area contributed by atoms with Crippen molar-refractivity contribution in [1.29, 1.82) is 0 Å². The van der Waals surface area contributed by atoms with Crippen molar-refractivity contribution in [3.63, 3.8) is 0 Å². The van der Waals surface area contributed by atoms with E-state index < -0.39 is 0 Å². The Morgan fingerprint density at radius 2 is 1.28 bits per heavy atom. The van der Waals surface area contributed by atoms with Crippen LogP contribution in [0.4, 0.5) is 0 Å². The lowest BCUT2D eigenvalue weighted by Crippen LogP contribution is -2.39. The van der Waals surface area contributed by atoms with Gasteiger partial charge in [0.05, 0.1) is 58.9 Å². The fraction of sp³-hybridized carbons (Fsp3) is 0.941. The van der Waals surface area contributed by atoms with Crippen molar-refractivity contribution in [2.45, 2.75) is 31.7 Å². The molecule has 0 saturated heterocycles. The molecular formula is C17H35NO7. The Morgan fingerprint density at radius 1 is 0.760 bits per heavy atom. The molecule has 25 heavy (non-hydrogen) atoms. The third kappa shape index (κ3) is 14.3. The lowest BCUT2D eigenvalue weighted by atomic mass is 10.2. The summed E-state index contributed by atoms with van der Waals surface area (Å²) >= 11 is 0. The number of rotatable bonds is 19. The highest BCUT2D eigenvalue weighted by molar-refractivity contribution is 5.48. The van der Waals surface area contributed by atoms with E-state index in [4.69, 9.17) is 29.9 Å². The van der Waals surface area contributed by atoms with Crippen LogP contribution in [0.2, 0.25) is 0 Å². The molecule has 0 saturated carbocycles. The number of aliphatic hydroxyl groups is 4. The smallest absolute Gasteiger partial charge is 0.119 e. The van der Waals surface area contributed by atoms with E-state index in [0.717, 1.165) is 32.1 Å². The molecule has 0 aromatic carbocycles. The minimum atomic E-state index is -0.293. The fourth-order valence-corrected chi connectivity index (χ4v) is 2.08. The molecule has 0 unspecified atom stereocenters. The minimum Gasteiger partial charge on any atom is -0.396 e. The Morgan fingerprint density at radius 3 is 1.72 bits per heavy atom. The highest BCUT2D eigenvalue weighted by atomic mass is 16.5. The summed E-state index contributed by atoms with van der Waals surface area (Å²) in [5.74, 6) is -0.587. The number of ether oxygens (including phenoxy) is 2. The van der Waals surface area contributed by atoms with Crippen LogP contribution in [0.1, 0.15) is 25.7 Å². The van der Waals surface area contributed by atoms with E-state index in [1.807, 2.05) is 0 Å². The van der Waals surface area contributed by atoms with Gasteiger partial charge in [0, 0.05) is 18.3 Å². The summed E-state index contributed by atoms with van der Waals surface area (Å²) in [5, 5.41) is 39.5. The van der Waals surface area contributed by atoms with Crippen molar-refractivity contribution < 1.29 is 34.7 Å². The van der Waals surface area contributed by atoms with Crippen LogP contribution in [0.5, 0.6) is 0 Å². The van der Waals surface area contributed by atoms with E-state index in [0.29, 0.717) is 19.6 Å². The molecule has 0 aliphatic carbocycles. The average molecular weight is 365 g/mol. The zero-order valence-electron chi connectivity index (χ0n) is 15.0. The quantitative estimate of drug-likeness (QED) is 0.145. The van der Waals surface area contributed by atoms with Gasteiger partial charge in [-0.1, -0.05) is 6.42 Å². The molecule has 0 fully saturated rings. The van der Waals surface area contributed by atoms with Gasteiger partial charge in [0.15, 0.2) is 0 Å². The van der Waals surface area contributed by atoms with Crippen LogP contribution < -0.4 is 5.32 Å². The van der Waals surface area contributed by atoms with Gasteiger partial charge in [-0.05, 0) is 19.4 Å². The first-order valence-corrected chi connectivity index (χ1v) is 8.97. The largest absolute Gasteiger partial charge is 0.396 e. The molecule has 0 aliphatic heterocycles. The van der Waals surface area contributed by atoms with Gasteiger partial charge in [-0.2, -0.15) is 0 Å². The van der Waals surface area contributed by atoms with Gasteiger partial charge in [0.25, 0.3) is 0 Å². The highest BCUT2D eigenvalue weighted by Gasteiger charge is 2.13. The molecule has 0 aliphatic rings. The number of hydrogen-bond acceptors (Lipinski definition) is 8. The lowest BCUT2D eigenvalue weighted by Gasteiger charge is -2.21. The molecule has 0 atom stereocenters. The van der Waals surface area contributed by atoms with Gasteiger partial charge in [-0.15, -0.1) is 0 Å². The first kappa shape index (κ1) is 24.4. The molecule has 8 nitrogen and oxygen atoms in total. The SMILES string of the molecule is O=CCCCCCNC(COCC(CO)CO)COCC(CO)CO. The zero-order chi connectivity index (χ0) is 18.8. The molecule has 0 spiro atoms. The Labute approximate surface area is 150 Å². The third-order valence-electron chi connectivity index (χ3n) is 3.81. The Hall–Kier alpha value is -0.610.